The molecule has 1 aliphatic rings. The second-order valence-corrected chi connectivity index (χ2v) is 7.39. The fraction of sp³-hybridized carbons (Fsp3) is 0.500. The molecule has 0 aliphatic heterocycles. The first kappa shape index (κ1) is 13.6. The van der Waals surface area contributed by atoms with Gasteiger partial charge in [0.25, 0.3) is 0 Å². The lowest BCUT2D eigenvalue weighted by atomic mass is 10.3. The lowest BCUT2D eigenvalue weighted by Crippen LogP contribution is -2.29. The number of nitrogens with zero attached hydrogens (tertiary/aromatic N) is 1. The third kappa shape index (κ3) is 2.63. The lowest BCUT2D eigenvalue weighted by Gasteiger charge is -2.17. The number of nitrogen functional groups attached to an aromatic ring is 1. The van der Waals surface area contributed by atoms with Crippen LogP contribution in [0.1, 0.15) is 13.3 Å². The van der Waals surface area contributed by atoms with Gasteiger partial charge in [0.05, 0.1) is 15.6 Å². The monoisotopic (exact) mass is 288 g/mol. The third-order valence-corrected chi connectivity index (χ3v) is 5.59. The van der Waals surface area contributed by atoms with Crippen LogP contribution in [0.2, 0.25) is 5.02 Å². The molecule has 0 bridgehead atoms. The summed E-state index contributed by atoms with van der Waals surface area (Å²) in [6.45, 7) is 2.69. The van der Waals surface area contributed by atoms with Crippen LogP contribution in [0.25, 0.3) is 0 Å². The van der Waals surface area contributed by atoms with E-state index in [1.807, 2.05) is 0 Å². The van der Waals surface area contributed by atoms with Gasteiger partial charge in [-0.25, -0.2) is 12.7 Å². The first-order chi connectivity index (χ1) is 8.32. The van der Waals surface area contributed by atoms with Crippen LogP contribution >= 0.6 is 11.6 Å². The fourth-order valence-corrected chi connectivity index (χ4v) is 3.43. The Kier molecular flexibility index (Phi) is 3.58. The second kappa shape index (κ2) is 4.72. The number of rotatable bonds is 4. The molecule has 1 aromatic rings. The highest BCUT2D eigenvalue weighted by molar-refractivity contribution is 7.89. The van der Waals surface area contributed by atoms with E-state index in [4.69, 9.17) is 17.3 Å². The number of benzene rings is 1. The molecule has 18 heavy (non-hydrogen) atoms. The van der Waals surface area contributed by atoms with E-state index in [-0.39, 0.29) is 9.92 Å². The first-order valence-corrected chi connectivity index (χ1v) is 7.65. The summed E-state index contributed by atoms with van der Waals surface area (Å²) >= 11 is 5.86. The topological polar surface area (TPSA) is 63.4 Å². The summed E-state index contributed by atoms with van der Waals surface area (Å²) in [5.74, 6) is 1.10. The number of nitrogens with two attached hydrogens (primary N) is 1. The van der Waals surface area contributed by atoms with Gasteiger partial charge in [-0.2, -0.15) is 0 Å². The molecule has 4 nitrogen and oxygen atoms in total. The summed E-state index contributed by atoms with van der Waals surface area (Å²) in [6.07, 6.45) is 1.10. The zero-order valence-electron chi connectivity index (χ0n) is 10.4. The van der Waals surface area contributed by atoms with Gasteiger partial charge in [-0.15, -0.1) is 0 Å². The molecular weight excluding hydrogens is 272 g/mol. The molecule has 2 unspecified atom stereocenters. The SMILES string of the molecule is CC1CC1CN(C)S(=O)(=O)c1ccc(N)c(Cl)c1. The maximum absolute atomic E-state index is 12.3. The van der Waals surface area contributed by atoms with Gasteiger partial charge >= 0.3 is 0 Å². The van der Waals surface area contributed by atoms with E-state index >= 15 is 0 Å². The van der Waals surface area contributed by atoms with E-state index in [0.29, 0.717) is 24.1 Å². The van der Waals surface area contributed by atoms with Gasteiger partial charge in [0.1, 0.15) is 0 Å². The van der Waals surface area contributed by atoms with Gasteiger partial charge < -0.3 is 5.73 Å². The van der Waals surface area contributed by atoms with Crippen LogP contribution in [-0.2, 0) is 10.0 Å². The number of halogens is 1. The smallest absolute Gasteiger partial charge is 0.242 e. The van der Waals surface area contributed by atoms with Crippen LogP contribution < -0.4 is 5.73 Å². The van der Waals surface area contributed by atoms with Crippen molar-refractivity contribution in [3.05, 3.63) is 23.2 Å². The Labute approximate surface area is 113 Å². The van der Waals surface area contributed by atoms with Crippen molar-refractivity contribution in [1.29, 1.82) is 0 Å². The van der Waals surface area contributed by atoms with Crippen molar-refractivity contribution >= 4 is 27.3 Å². The highest BCUT2D eigenvalue weighted by Crippen LogP contribution is 2.38. The summed E-state index contributed by atoms with van der Waals surface area (Å²) < 4.78 is 26.0. The molecule has 1 fully saturated rings. The van der Waals surface area contributed by atoms with E-state index in [9.17, 15) is 8.42 Å². The van der Waals surface area contributed by atoms with Crippen LogP contribution in [0.3, 0.4) is 0 Å². The van der Waals surface area contributed by atoms with Crippen molar-refractivity contribution in [2.75, 3.05) is 19.3 Å². The van der Waals surface area contributed by atoms with Gasteiger partial charge in [-0.3, -0.25) is 0 Å². The van der Waals surface area contributed by atoms with Crippen LogP contribution in [0.15, 0.2) is 23.1 Å². The predicted molar refractivity (Wildman–Crippen MR) is 73.0 cm³/mol. The van der Waals surface area contributed by atoms with Crippen molar-refractivity contribution in [2.45, 2.75) is 18.2 Å². The highest BCUT2D eigenvalue weighted by Gasteiger charge is 2.36. The summed E-state index contributed by atoms with van der Waals surface area (Å²) in [5.41, 5.74) is 5.96. The van der Waals surface area contributed by atoms with Crippen molar-refractivity contribution in [3.63, 3.8) is 0 Å². The van der Waals surface area contributed by atoms with Crippen LogP contribution in [0, 0.1) is 11.8 Å². The van der Waals surface area contributed by atoms with Crippen molar-refractivity contribution in [1.82, 2.24) is 4.31 Å². The number of anilines is 1. The van der Waals surface area contributed by atoms with Gasteiger partial charge in [-0.05, 0) is 36.5 Å². The fourth-order valence-electron chi connectivity index (χ4n) is 1.93. The lowest BCUT2D eigenvalue weighted by molar-refractivity contribution is 0.444. The molecule has 2 rings (SSSR count). The maximum Gasteiger partial charge on any atom is 0.242 e. The largest absolute Gasteiger partial charge is 0.398 e. The van der Waals surface area contributed by atoms with E-state index in [1.165, 1.54) is 22.5 Å². The molecule has 1 aliphatic carbocycles. The molecular formula is C12H17ClN2O2S. The second-order valence-electron chi connectivity index (χ2n) is 4.94. The van der Waals surface area contributed by atoms with E-state index in [1.54, 1.807) is 7.05 Å². The molecule has 1 saturated carbocycles. The first-order valence-electron chi connectivity index (χ1n) is 5.83. The zero-order valence-corrected chi connectivity index (χ0v) is 12.0. The molecule has 0 amide bonds. The Morgan fingerprint density at radius 3 is 2.61 bits per heavy atom. The Balaban J connectivity index is 2.21. The van der Waals surface area contributed by atoms with Gasteiger partial charge in [0.15, 0.2) is 0 Å². The third-order valence-electron chi connectivity index (χ3n) is 3.45. The van der Waals surface area contributed by atoms with Crippen molar-refractivity contribution in [2.24, 2.45) is 11.8 Å². The number of hydrogen-bond donors (Lipinski definition) is 1. The number of sulfonamides is 1. The molecule has 0 radical (unpaired) electrons. The van der Waals surface area contributed by atoms with E-state index in [2.05, 4.69) is 6.92 Å². The number of hydrogen-bond acceptors (Lipinski definition) is 3. The Morgan fingerprint density at radius 2 is 2.11 bits per heavy atom. The Hall–Kier alpha value is -0.780. The molecule has 100 valence electrons. The molecule has 2 atom stereocenters. The van der Waals surface area contributed by atoms with Crippen LogP contribution in [0.4, 0.5) is 5.69 Å². The van der Waals surface area contributed by atoms with E-state index < -0.39 is 10.0 Å². The zero-order chi connectivity index (χ0) is 13.5. The average molecular weight is 289 g/mol. The van der Waals surface area contributed by atoms with Crippen molar-refractivity contribution in [3.8, 4) is 0 Å². The molecule has 0 aromatic heterocycles. The van der Waals surface area contributed by atoms with Crippen molar-refractivity contribution < 1.29 is 8.42 Å². The molecule has 2 N–H and O–H groups in total. The summed E-state index contributed by atoms with van der Waals surface area (Å²) in [5, 5.41) is 0.268. The molecule has 0 spiro atoms. The normalized spacial score (nSPS) is 23.3. The maximum atomic E-state index is 12.3. The predicted octanol–water partition coefficient (Wildman–Crippen LogP) is 2.20. The standard InChI is InChI=1S/C12H17ClN2O2S/c1-8-5-9(8)7-15(2)18(16,17)10-3-4-12(14)11(13)6-10/h3-4,6,8-9H,5,7,14H2,1-2H3. The Bertz CT molecular complexity index is 559. The molecule has 0 saturated heterocycles. The average Bonchev–Trinajstić information content (AvgIpc) is 2.98. The van der Waals surface area contributed by atoms with Gasteiger partial charge in [-0.1, -0.05) is 18.5 Å². The molecule has 1 aromatic carbocycles. The van der Waals surface area contributed by atoms with Crippen LogP contribution in [0.5, 0.6) is 0 Å². The quantitative estimate of drug-likeness (QED) is 0.864. The van der Waals surface area contributed by atoms with E-state index in [0.717, 1.165) is 6.42 Å². The minimum Gasteiger partial charge on any atom is -0.398 e. The minimum absolute atomic E-state index is 0.192. The van der Waals surface area contributed by atoms with Crippen LogP contribution in [-0.4, -0.2) is 26.3 Å². The Morgan fingerprint density at radius 1 is 1.50 bits per heavy atom. The summed E-state index contributed by atoms with van der Waals surface area (Å²) in [4.78, 5) is 0.192. The summed E-state index contributed by atoms with van der Waals surface area (Å²) in [7, 11) is -1.86. The van der Waals surface area contributed by atoms with Gasteiger partial charge in [0, 0.05) is 13.6 Å². The molecule has 6 heteroatoms. The highest BCUT2D eigenvalue weighted by atomic mass is 35.5. The summed E-state index contributed by atoms with van der Waals surface area (Å²) in [6, 6.07) is 4.41. The molecule has 0 heterocycles. The minimum atomic E-state index is -3.46. The van der Waals surface area contributed by atoms with Gasteiger partial charge in [0.2, 0.25) is 10.0 Å².